The fraction of sp³-hybridized carbons (Fsp3) is 0.474. The maximum atomic E-state index is 13.2. The fourth-order valence-electron chi connectivity index (χ4n) is 3.82. The summed E-state index contributed by atoms with van der Waals surface area (Å²) in [5.74, 6) is -0.125. The lowest BCUT2D eigenvalue weighted by Crippen LogP contribution is -2.53. The Bertz CT molecular complexity index is 963. The summed E-state index contributed by atoms with van der Waals surface area (Å²) >= 11 is 1.48. The second-order valence-corrected chi connectivity index (χ2v) is 9.81. The highest BCUT2D eigenvalue weighted by atomic mass is 32.2. The van der Waals surface area contributed by atoms with Crippen LogP contribution in [0, 0.1) is 0 Å². The van der Waals surface area contributed by atoms with Gasteiger partial charge in [0.1, 0.15) is 5.69 Å². The highest BCUT2D eigenvalue weighted by molar-refractivity contribution is 7.98. The second kappa shape index (κ2) is 8.47. The Hall–Kier alpha value is -1.88. The van der Waals surface area contributed by atoms with Crippen molar-refractivity contribution in [2.75, 3.05) is 45.5 Å². The van der Waals surface area contributed by atoms with E-state index in [1.807, 2.05) is 41.2 Å². The van der Waals surface area contributed by atoms with E-state index in [0.29, 0.717) is 45.0 Å². The molecule has 2 aromatic rings. The summed E-state index contributed by atoms with van der Waals surface area (Å²) in [5.41, 5.74) is 1.38. The molecule has 2 saturated heterocycles. The number of para-hydroxylation sites is 1. The zero-order valence-corrected chi connectivity index (χ0v) is 18.0. The molecular weight excluding hydrogens is 410 g/mol. The van der Waals surface area contributed by atoms with Crippen LogP contribution in [-0.4, -0.2) is 82.9 Å². The first-order valence-corrected chi connectivity index (χ1v) is 12.4. The van der Waals surface area contributed by atoms with Gasteiger partial charge < -0.3 is 4.90 Å². The largest absolute Gasteiger partial charge is 0.335 e. The highest BCUT2D eigenvalue weighted by Gasteiger charge is 2.35. The molecule has 156 valence electrons. The summed E-state index contributed by atoms with van der Waals surface area (Å²) in [6.07, 6.45) is 5.37. The second-order valence-electron chi connectivity index (χ2n) is 7.11. The summed E-state index contributed by atoms with van der Waals surface area (Å²) in [4.78, 5) is 19.3. The highest BCUT2D eigenvalue weighted by Crippen LogP contribution is 2.24. The molecule has 4 rings (SSSR count). The third-order valence-corrected chi connectivity index (χ3v) is 8.08. The van der Waals surface area contributed by atoms with E-state index in [1.54, 1.807) is 15.4 Å². The number of hydrogen-bond donors (Lipinski definition) is 0. The lowest BCUT2D eigenvalue weighted by atomic mass is 10.3. The summed E-state index contributed by atoms with van der Waals surface area (Å²) in [7, 11) is -3.42. The maximum absolute atomic E-state index is 13.2. The third kappa shape index (κ3) is 3.94. The molecule has 0 radical (unpaired) electrons. The third-order valence-electron chi connectivity index (χ3n) is 5.39. The Kier molecular flexibility index (Phi) is 5.95. The van der Waals surface area contributed by atoms with Crippen LogP contribution in [0.15, 0.2) is 41.7 Å². The zero-order valence-electron chi connectivity index (χ0n) is 16.4. The molecule has 2 aliphatic rings. The average molecular weight is 436 g/mol. The lowest BCUT2D eigenvalue weighted by molar-refractivity contribution is 0.0686. The van der Waals surface area contributed by atoms with Gasteiger partial charge in [-0.3, -0.25) is 9.36 Å². The Morgan fingerprint density at radius 1 is 0.966 bits per heavy atom. The molecule has 2 fully saturated rings. The number of carbonyl (C=O) groups excluding carboxylic acids is 1. The first-order chi connectivity index (χ1) is 14.0. The van der Waals surface area contributed by atoms with Crippen molar-refractivity contribution in [3.8, 4) is 5.69 Å². The molecule has 1 aromatic carbocycles. The maximum Gasteiger partial charge on any atom is 0.282 e. The smallest absolute Gasteiger partial charge is 0.282 e. The van der Waals surface area contributed by atoms with Crippen molar-refractivity contribution in [2.45, 2.75) is 18.0 Å². The van der Waals surface area contributed by atoms with Gasteiger partial charge in [-0.15, -0.1) is 0 Å². The van der Waals surface area contributed by atoms with Crippen molar-refractivity contribution in [3.63, 3.8) is 0 Å². The van der Waals surface area contributed by atoms with Gasteiger partial charge in [-0.1, -0.05) is 30.0 Å². The molecule has 1 aromatic heterocycles. The van der Waals surface area contributed by atoms with Crippen molar-refractivity contribution in [1.82, 2.24) is 23.1 Å². The van der Waals surface area contributed by atoms with Gasteiger partial charge in [-0.25, -0.2) is 4.98 Å². The first kappa shape index (κ1) is 20.4. The number of hydrogen-bond acceptors (Lipinski definition) is 5. The molecule has 8 nitrogen and oxygen atoms in total. The number of amides is 1. The van der Waals surface area contributed by atoms with E-state index >= 15 is 0 Å². The van der Waals surface area contributed by atoms with Crippen LogP contribution in [0.4, 0.5) is 0 Å². The van der Waals surface area contributed by atoms with Gasteiger partial charge in [0, 0.05) is 45.0 Å². The van der Waals surface area contributed by atoms with Crippen molar-refractivity contribution >= 4 is 27.9 Å². The molecule has 29 heavy (non-hydrogen) atoms. The molecule has 0 atom stereocenters. The van der Waals surface area contributed by atoms with Crippen molar-refractivity contribution in [1.29, 1.82) is 0 Å². The minimum atomic E-state index is -3.42. The predicted molar refractivity (Wildman–Crippen MR) is 113 cm³/mol. The van der Waals surface area contributed by atoms with Crippen LogP contribution in [0.3, 0.4) is 0 Å². The number of imidazole rings is 1. The van der Waals surface area contributed by atoms with Crippen LogP contribution >= 0.6 is 11.8 Å². The SMILES string of the molecule is CSc1ncc(C(=O)N2CCN(S(=O)(=O)N3CCCC3)CC2)n1-c1ccccc1. The van der Waals surface area contributed by atoms with Gasteiger partial charge in [0.25, 0.3) is 16.1 Å². The molecular formula is C19H25N5O3S2. The van der Waals surface area contributed by atoms with Crippen LogP contribution in [0.25, 0.3) is 5.69 Å². The van der Waals surface area contributed by atoms with Gasteiger partial charge >= 0.3 is 0 Å². The van der Waals surface area contributed by atoms with E-state index in [2.05, 4.69) is 4.98 Å². The Labute approximate surface area is 175 Å². The topological polar surface area (TPSA) is 78.8 Å². The van der Waals surface area contributed by atoms with Crippen LogP contribution < -0.4 is 0 Å². The first-order valence-electron chi connectivity index (χ1n) is 9.74. The molecule has 0 aliphatic carbocycles. The lowest BCUT2D eigenvalue weighted by Gasteiger charge is -2.35. The number of piperazine rings is 1. The van der Waals surface area contributed by atoms with E-state index in [-0.39, 0.29) is 5.91 Å². The predicted octanol–water partition coefficient (Wildman–Crippen LogP) is 1.69. The van der Waals surface area contributed by atoms with Gasteiger partial charge in [0.2, 0.25) is 0 Å². The van der Waals surface area contributed by atoms with Crippen molar-refractivity contribution in [3.05, 3.63) is 42.2 Å². The van der Waals surface area contributed by atoms with Gasteiger partial charge in [-0.2, -0.15) is 17.0 Å². The van der Waals surface area contributed by atoms with Crippen LogP contribution in [-0.2, 0) is 10.2 Å². The molecule has 0 unspecified atom stereocenters. The number of carbonyl (C=O) groups is 1. The zero-order chi connectivity index (χ0) is 20.4. The van der Waals surface area contributed by atoms with Gasteiger partial charge in [-0.05, 0) is 31.2 Å². The molecule has 2 aliphatic heterocycles. The number of rotatable bonds is 5. The number of thioether (sulfide) groups is 1. The van der Waals surface area contributed by atoms with Gasteiger partial charge in [0.15, 0.2) is 5.16 Å². The minimum Gasteiger partial charge on any atom is -0.335 e. The molecule has 1 amide bonds. The van der Waals surface area contributed by atoms with E-state index in [0.717, 1.165) is 23.7 Å². The quantitative estimate of drug-likeness (QED) is 0.668. The Balaban J connectivity index is 1.50. The van der Waals surface area contributed by atoms with Crippen LogP contribution in [0.1, 0.15) is 23.3 Å². The normalized spacial score (nSPS) is 19.0. The summed E-state index contributed by atoms with van der Waals surface area (Å²) < 4.78 is 30.4. The standard InChI is InChI=1S/C19H25N5O3S2/c1-28-19-20-15-17(24(19)16-7-3-2-4-8-16)18(25)21-11-13-23(14-12-21)29(26,27)22-9-5-6-10-22/h2-4,7-8,15H,5-6,9-14H2,1H3. The van der Waals surface area contributed by atoms with Gasteiger partial charge in [0.05, 0.1) is 6.20 Å². The molecule has 0 saturated carbocycles. The molecule has 0 N–H and O–H groups in total. The number of nitrogens with zero attached hydrogens (tertiary/aromatic N) is 5. The van der Waals surface area contributed by atoms with E-state index in [4.69, 9.17) is 0 Å². The molecule has 0 bridgehead atoms. The summed E-state index contributed by atoms with van der Waals surface area (Å²) in [6.45, 7) is 2.57. The monoisotopic (exact) mass is 435 g/mol. The molecule has 0 spiro atoms. The molecule has 10 heteroatoms. The van der Waals surface area contributed by atoms with E-state index in [1.165, 1.54) is 16.1 Å². The van der Waals surface area contributed by atoms with Crippen molar-refractivity contribution in [2.24, 2.45) is 0 Å². The van der Waals surface area contributed by atoms with Crippen molar-refractivity contribution < 1.29 is 13.2 Å². The fourth-order valence-corrected chi connectivity index (χ4v) is 6.04. The molecule has 3 heterocycles. The number of benzene rings is 1. The van der Waals surface area contributed by atoms with E-state index in [9.17, 15) is 13.2 Å². The average Bonchev–Trinajstić information content (AvgIpc) is 3.44. The van der Waals surface area contributed by atoms with Crippen LogP contribution in [0.5, 0.6) is 0 Å². The summed E-state index contributed by atoms with van der Waals surface area (Å²) in [6, 6.07) is 9.67. The minimum absolute atomic E-state index is 0.125. The Morgan fingerprint density at radius 3 is 2.21 bits per heavy atom. The summed E-state index contributed by atoms with van der Waals surface area (Å²) in [5, 5.41) is 0.745. The number of aromatic nitrogens is 2. The van der Waals surface area contributed by atoms with Crippen LogP contribution in [0.2, 0.25) is 0 Å². The van der Waals surface area contributed by atoms with E-state index < -0.39 is 10.2 Å². The Morgan fingerprint density at radius 2 is 1.59 bits per heavy atom.